The van der Waals surface area contributed by atoms with E-state index in [1.165, 1.54) is 17.5 Å². The smallest absolute Gasteiger partial charge is 0.231 e. The Labute approximate surface area is 160 Å². The van der Waals surface area contributed by atoms with Crippen molar-refractivity contribution in [1.82, 2.24) is 0 Å². The number of fused-ring (bicyclic) bond motifs is 1. The summed E-state index contributed by atoms with van der Waals surface area (Å²) in [6.07, 6.45) is 4.19. The Morgan fingerprint density at radius 1 is 1.07 bits per heavy atom. The monoisotopic (exact) mass is 385 g/mol. The average molecular weight is 385 g/mol. The average Bonchev–Trinajstić information content (AvgIpc) is 3.29. The molecule has 5 nitrogen and oxygen atoms in total. The van der Waals surface area contributed by atoms with Crippen molar-refractivity contribution in [2.45, 2.75) is 43.0 Å². The first-order chi connectivity index (χ1) is 12.9. The van der Waals surface area contributed by atoms with Crippen LogP contribution >= 0.6 is 0 Å². The summed E-state index contributed by atoms with van der Waals surface area (Å²) in [7, 11) is -3.15. The molecule has 4 rings (SSSR count). The third-order valence-corrected chi connectivity index (χ3v) is 6.43. The standard InChI is InChI=1S/C21H23NO4S/c1-14(16-6-10-20-21(12-16)26-13-25-20)22-18-7-3-17(11-18)15-4-8-19(9-5-15)27(2,23)24/h4-6,8-10,12,14,17H,3,7,11,13H2,1-2H3/t14-,17+/m1/s1. The highest BCUT2D eigenvalue weighted by Crippen LogP contribution is 2.37. The SMILES string of the molecule is C[C@@H](N=C1CC[C@H](c2ccc(S(C)(=O)=O)cc2)C1)c1ccc2c(c1)OCO2. The molecule has 27 heavy (non-hydrogen) atoms. The molecule has 1 aliphatic carbocycles. The highest BCUT2D eigenvalue weighted by Gasteiger charge is 2.24. The summed E-state index contributed by atoms with van der Waals surface area (Å²) in [5, 5.41) is 0. The van der Waals surface area contributed by atoms with E-state index < -0.39 is 9.84 Å². The molecule has 0 amide bonds. The van der Waals surface area contributed by atoms with Gasteiger partial charge in [0.15, 0.2) is 21.3 Å². The molecular formula is C21H23NO4S. The summed E-state index contributed by atoms with van der Waals surface area (Å²) in [5.74, 6) is 1.98. The summed E-state index contributed by atoms with van der Waals surface area (Å²) in [6, 6.07) is 13.3. The highest BCUT2D eigenvalue weighted by molar-refractivity contribution is 7.90. The fourth-order valence-electron chi connectivity index (χ4n) is 3.74. The van der Waals surface area contributed by atoms with Crippen LogP contribution in [0.3, 0.4) is 0 Å². The van der Waals surface area contributed by atoms with E-state index in [9.17, 15) is 8.42 Å². The van der Waals surface area contributed by atoms with Gasteiger partial charge < -0.3 is 9.47 Å². The number of ether oxygens (including phenoxy) is 2. The Morgan fingerprint density at radius 3 is 2.56 bits per heavy atom. The Balaban J connectivity index is 1.45. The number of benzene rings is 2. The minimum absolute atomic E-state index is 0.0702. The first-order valence-corrected chi connectivity index (χ1v) is 11.0. The lowest BCUT2D eigenvalue weighted by molar-refractivity contribution is 0.174. The van der Waals surface area contributed by atoms with Crippen molar-refractivity contribution in [1.29, 1.82) is 0 Å². The van der Waals surface area contributed by atoms with Crippen LogP contribution in [-0.4, -0.2) is 27.2 Å². The van der Waals surface area contributed by atoms with Crippen LogP contribution in [0.4, 0.5) is 0 Å². The molecule has 2 aromatic rings. The van der Waals surface area contributed by atoms with E-state index in [0.717, 1.165) is 36.3 Å². The third-order valence-electron chi connectivity index (χ3n) is 5.30. The van der Waals surface area contributed by atoms with Crippen molar-refractivity contribution in [3.05, 3.63) is 53.6 Å². The van der Waals surface area contributed by atoms with Gasteiger partial charge in [0.1, 0.15) is 0 Å². The molecule has 0 unspecified atom stereocenters. The molecule has 2 atom stereocenters. The van der Waals surface area contributed by atoms with Crippen molar-refractivity contribution >= 4 is 15.5 Å². The van der Waals surface area contributed by atoms with Gasteiger partial charge in [0.2, 0.25) is 6.79 Å². The molecular weight excluding hydrogens is 362 g/mol. The Kier molecular flexibility index (Phi) is 4.68. The van der Waals surface area contributed by atoms with E-state index in [0.29, 0.717) is 10.8 Å². The van der Waals surface area contributed by atoms with Gasteiger partial charge in [-0.05, 0) is 67.5 Å². The van der Waals surface area contributed by atoms with E-state index in [1.807, 2.05) is 30.3 Å². The topological polar surface area (TPSA) is 65.0 Å². The maximum Gasteiger partial charge on any atom is 0.231 e. The molecule has 6 heteroatoms. The first-order valence-electron chi connectivity index (χ1n) is 9.15. The maximum absolute atomic E-state index is 11.6. The summed E-state index contributed by atoms with van der Waals surface area (Å²) in [6.45, 7) is 2.38. The largest absolute Gasteiger partial charge is 0.454 e. The molecule has 1 saturated carbocycles. The third kappa shape index (κ3) is 3.86. The molecule has 0 saturated heterocycles. The lowest BCUT2D eigenvalue weighted by Crippen LogP contribution is -2.00. The predicted molar refractivity (Wildman–Crippen MR) is 105 cm³/mol. The van der Waals surface area contributed by atoms with E-state index in [2.05, 4.69) is 6.92 Å². The zero-order chi connectivity index (χ0) is 19.0. The summed E-state index contributed by atoms with van der Waals surface area (Å²) in [5.41, 5.74) is 3.52. The molecule has 142 valence electrons. The van der Waals surface area contributed by atoms with Gasteiger partial charge in [-0.3, -0.25) is 4.99 Å². The van der Waals surface area contributed by atoms with Gasteiger partial charge in [-0.2, -0.15) is 0 Å². The van der Waals surface area contributed by atoms with Crippen molar-refractivity contribution in [2.24, 2.45) is 4.99 Å². The molecule has 0 spiro atoms. The molecule has 1 heterocycles. The molecule has 0 bridgehead atoms. The van der Waals surface area contributed by atoms with Crippen molar-refractivity contribution < 1.29 is 17.9 Å². The molecule has 0 aromatic heterocycles. The van der Waals surface area contributed by atoms with Gasteiger partial charge in [0.25, 0.3) is 0 Å². The lowest BCUT2D eigenvalue weighted by Gasteiger charge is -2.11. The van der Waals surface area contributed by atoms with Crippen LogP contribution in [0.1, 0.15) is 49.3 Å². The van der Waals surface area contributed by atoms with E-state index in [-0.39, 0.29) is 12.8 Å². The maximum atomic E-state index is 11.6. The summed E-state index contributed by atoms with van der Waals surface area (Å²) in [4.78, 5) is 5.30. The molecule has 1 aliphatic heterocycles. The van der Waals surface area contributed by atoms with Crippen LogP contribution in [0, 0.1) is 0 Å². The quantitative estimate of drug-likeness (QED) is 0.788. The Morgan fingerprint density at radius 2 is 1.81 bits per heavy atom. The van der Waals surface area contributed by atoms with Gasteiger partial charge in [-0.25, -0.2) is 8.42 Å². The zero-order valence-electron chi connectivity index (χ0n) is 15.5. The van der Waals surface area contributed by atoms with Crippen molar-refractivity contribution in [2.75, 3.05) is 13.0 Å². The van der Waals surface area contributed by atoms with Gasteiger partial charge >= 0.3 is 0 Å². The molecule has 2 aliphatic rings. The fourth-order valence-corrected chi connectivity index (χ4v) is 4.37. The number of aliphatic imine (C=N–C) groups is 1. The second-order valence-electron chi connectivity index (χ2n) is 7.26. The predicted octanol–water partition coefficient (Wildman–Crippen LogP) is 4.29. The summed E-state index contributed by atoms with van der Waals surface area (Å²) < 4.78 is 34.0. The number of hydrogen-bond acceptors (Lipinski definition) is 5. The number of rotatable bonds is 4. The van der Waals surface area contributed by atoms with E-state index in [4.69, 9.17) is 14.5 Å². The molecule has 0 N–H and O–H groups in total. The van der Waals surface area contributed by atoms with E-state index >= 15 is 0 Å². The lowest BCUT2D eigenvalue weighted by atomic mass is 9.98. The molecule has 1 fully saturated rings. The van der Waals surface area contributed by atoms with Crippen molar-refractivity contribution in [3.63, 3.8) is 0 Å². The van der Waals surface area contributed by atoms with E-state index in [1.54, 1.807) is 12.1 Å². The minimum Gasteiger partial charge on any atom is -0.454 e. The van der Waals surface area contributed by atoms with Crippen LogP contribution < -0.4 is 9.47 Å². The molecule has 0 radical (unpaired) electrons. The Bertz CT molecular complexity index is 980. The normalized spacial score (nSPS) is 21.6. The van der Waals surface area contributed by atoms with Crippen LogP contribution in [0.25, 0.3) is 0 Å². The zero-order valence-corrected chi connectivity index (χ0v) is 16.3. The molecule has 2 aromatic carbocycles. The van der Waals surface area contributed by atoms with Crippen LogP contribution in [0.15, 0.2) is 52.4 Å². The van der Waals surface area contributed by atoms with Gasteiger partial charge in [0.05, 0.1) is 10.9 Å². The van der Waals surface area contributed by atoms with Crippen LogP contribution in [-0.2, 0) is 9.84 Å². The van der Waals surface area contributed by atoms with Gasteiger partial charge in [-0.15, -0.1) is 0 Å². The number of hydrogen-bond donors (Lipinski definition) is 0. The van der Waals surface area contributed by atoms with Gasteiger partial charge in [-0.1, -0.05) is 18.2 Å². The minimum atomic E-state index is -3.15. The second kappa shape index (κ2) is 7.00. The Hall–Kier alpha value is -2.34. The fraction of sp³-hybridized carbons (Fsp3) is 0.381. The van der Waals surface area contributed by atoms with Crippen molar-refractivity contribution in [3.8, 4) is 11.5 Å². The van der Waals surface area contributed by atoms with Crippen LogP contribution in [0.5, 0.6) is 11.5 Å². The van der Waals surface area contributed by atoms with Gasteiger partial charge in [0, 0.05) is 12.0 Å². The summed E-state index contributed by atoms with van der Waals surface area (Å²) >= 11 is 0. The highest BCUT2D eigenvalue weighted by atomic mass is 32.2. The number of nitrogens with zero attached hydrogens (tertiary/aromatic N) is 1. The van der Waals surface area contributed by atoms with Crippen LogP contribution in [0.2, 0.25) is 0 Å². The number of sulfone groups is 1. The second-order valence-corrected chi connectivity index (χ2v) is 9.28. The first kappa shape index (κ1) is 18.0.